The number of ether oxygens (including phenoxy) is 7. The Hall–Kier alpha value is -2.00. The van der Waals surface area contributed by atoms with Crippen LogP contribution < -0.4 is 0 Å². The van der Waals surface area contributed by atoms with Crippen molar-refractivity contribution in [3.63, 3.8) is 0 Å². The SMILES string of the molecule is CC(O)CC(=O)O[C@@H]1CO[C@@H](O[C@H]2[C@H](O[C@@H]3C[C@]4(C)C(=CC[C@@H]5[C@@]6(C)C[C@H](O)[C@H](O)[C@@](C)(CO)[C@@H]6CC[C@]54C)[C@@H]4CC(C)(C)CC[C@]34C(=O)O[C@@H]3O[C@H](CO)[C@@H](O)[C@@H]3O)O[C@H](CO)[C@@H](O)[C@@H]2O)[C@@H](O)[C@@H]1O. The Morgan fingerprint density at radius 2 is 1.37 bits per heavy atom. The zero-order chi connectivity index (χ0) is 52.1. The van der Waals surface area contributed by atoms with Crippen molar-refractivity contribution in [2.24, 2.45) is 50.2 Å². The van der Waals surface area contributed by atoms with Crippen LogP contribution in [0.2, 0.25) is 0 Å². The number of fused-ring (bicyclic) bond motifs is 7. The Kier molecular flexibility index (Phi) is 15.4. The zero-order valence-corrected chi connectivity index (χ0v) is 41.9. The van der Waals surface area contributed by atoms with E-state index in [1.165, 1.54) is 6.92 Å². The zero-order valence-electron chi connectivity index (χ0n) is 41.9. The first-order valence-electron chi connectivity index (χ1n) is 25.5. The summed E-state index contributed by atoms with van der Waals surface area (Å²) < 4.78 is 42.4. The van der Waals surface area contributed by atoms with E-state index >= 15 is 4.79 Å². The molecule has 3 saturated heterocycles. The summed E-state index contributed by atoms with van der Waals surface area (Å²) in [7, 11) is 0. The van der Waals surface area contributed by atoms with Gasteiger partial charge in [-0.2, -0.15) is 0 Å². The lowest BCUT2D eigenvalue weighted by Gasteiger charge is -2.72. The average molecular weight is 1020 g/mol. The average Bonchev–Trinajstić information content (AvgIpc) is 3.57. The van der Waals surface area contributed by atoms with Crippen molar-refractivity contribution < 1.29 is 104 Å². The smallest absolute Gasteiger partial charge is 0.317 e. The summed E-state index contributed by atoms with van der Waals surface area (Å²) >= 11 is 0. The summed E-state index contributed by atoms with van der Waals surface area (Å²) in [5.41, 5.74) is -4.02. The number of carbonyl (C=O) groups excluding carboxylic acids is 2. The van der Waals surface area contributed by atoms with Crippen LogP contribution >= 0.6 is 0 Å². The molecule has 1 unspecified atom stereocenters. The summed E-state index contributed by atoms with van der Waals surface area (Å²) in [6.07, 6.45) is -21.3. The second kappa shape index (κ2) is 19.9. The van der Waals surface area contributed by atoms with Gasteiger partial charge in [0.25, 0.3) is 0 Å². The van der Waals surface area contributed by atoms with Gasteiger partial charge in [-0.05, 0) is 97.7 Å². The van der Waals surface area contributed by atoms with Crippen LogP contribution in [0.25, 0.3) is 0 Å². The van der Waals surface area contributed by atoms with E-state index in [1.807, 2.05) is 6.92 Å². The van der Waals surface area contributed by atoms with E-state index in [-0.39, 0.29) is 43.1 Å². The Bertz CT molecular complexity index is 1970. The molecule has 3 heterocycles. The summed E-state index contributed by atoms with van der Waals surface area (Å²) in [6.45, 7) is 11.6. The van der Waals surface area contributed by atoms with Gasteiger partial charge < -0.3 is 94.4 Å². The molecule has 21 heteroatoms. The van der Waals surface area contributed by atoms with Gasteiger partial charge in [-0.3, -0.25) is 9.59 Å². The highest BCUT2D eigenvalue weighted by Crippen LogP contribution is 2.76. The predicted molar refractivity (Wildman–Crippen MR) is 243 cm³/mol. The van der Waals surface area contributed by atoms with E-state index in [0.29, 0.717) is 32.1 Å². The van der Waals surface area contributed by atoms with Crippen molar-refractivity contribution in [1.29, 1.82) is 0 Å². The second-order valence-electron chi connectivity index (χ2n) is 24.1. The molecule has 8 rings (SSSR count). The summed E-state index contributed by atoms with van der Waals surface area (Å²) in [6, 6.07) is 0. The summed E-state index contributed by atoms with van der Waals surface area (Å²) in [5, 5.41) is 131. The van der Waals surface area contributed by atoms with E-state index in [1.54, 1.807) is 0 Å². The van der Waals surface area contributed by atoms with E-state index in [9.17, 15) is 66.1 Å². The van der Waals surface area contributed by atoms with Crippen molar-refractivity contribution in [1.82, 2.24) is 0 Å². The van der Waals surface area contributed by atoms with Gasteiger partial charge >= 0.3 is 11.9 Å². The maximum Gasteiger partial charge on any atom is 0.317 e. The molecule has 0 bridgehead atoms. The fraction of sp³-hybridized carbons (Fsp3) is 0.920. The highest BCUT2D eigenvalue weighted by atomic mass is 16.8. The largest absolute Gasteiger partial charge is 0.457 e. The Labute approximate surface area is 414 Å². The highest BCUT2D eigenvalue weighted by molar-refractivity contribution is 5.80. The molecule has 4 saturated carbocycles. The first-order chi connectivity index (χ1) is 33.2. The van der Waals surface area contributed by atoms with Crippen molar-refractivity contribution >= 4 is 11.9 Å². The molecule has 71 heavy (non-hydrogen) atoms. The molecule has 21 nitrogen and oxygen atoms in total. The molecular formula is C50H80O21. The van der Waals surface area contributed by atoms with Crippen LogP contribution in [0.5, 0.6) is 0 Å². The minimum Gasteiger partial charge on any atom is -0.457 e. The van der Waals surface area contributed by atoms with Crippen LogP contribution in [0, 0.1) is 50.2 Å². The Balaban J connectivity index is 1.21. The maximum absolute atomic E-state index is 15.6. The number of hydrogen-bond acceptors (Lipinski definition) is 21. The minimum absolute atomic E-state index is 0.0901. The van der Waals surface area contributed by atoms with E-state index < -0.39 is 175 Å². The number of hydrogen-bond donors (Lipinski definition) is 12. The first kappa shape index (κ1) is 55.2. The molecule has 0 spiro atoms. The van der Waals surface area contributed by atoms with Crippen molar-refractivity contribution in [3.8, 4) is 0 Å². The van der Waals surface area contributed by atoms with Crippen molar-refractivity contribution in [3.05, 3.63) is 11.6 Å². The van der Waals surface area contributed by atoms with Gasteiger partial charge in [0.2, 0.25) is 6.29 Å². The molecule has 0 radical (unpaired) electrons. The van der Waals surface area contributed by atoms with Gasteiger partial charge in [0.15, 0.2) is 18.7 Å². The van der Waals surface area contributed by atoms with Crippen LogP contribution in [0.15, 0.2) is 11.6 Å². The first-order valence-corrected chi connectivity index (χ1v) is 25.5. The van der Waals surface area contributed by atoms with E-state index in [4.69, 9.17) is 33.2 Å². The fourth-order valence-corrected chi connectivity index (χ4v) is 15.2. The number of esters is 2. The Morgan fingerprint density at radius 1 is 0.732 bits per heavy atom. The molecule has 0 aromatic heterocycles. The van der Waals surface area contributed by atoms with Crippen LogP contribution in [-0.4, -0.2) is 204 Å². The lowest BCUT2D eigenvalue weighted by atomic mass is 9.33. The lowest BCUT2D eigenvalue weighted by Crippen LogP contribution is -2.70. The third kappa shape index (κ3) is 8.94. The number of aliphatic hydroxyl groups is 12. The number of rotatable bonds is 12. The van der Waals surface area contributed by atoms with Crippen LogP contribution in [-0.2, 0) is 42.7 Å². The maximum atomic E-state index is 15.6. The van der Waals surface area contributed by atoms with E-state index in [2.05, 4.69) is 40.7 Å². The molecule has 0 amide bonds. The number of allylic oxidation sites excluding steroid dienone is 2. The molecule has 8 aliphatic rings. The fourth-order valence-electron chi connectivity index (χ4n) is 15.2. The van der Waals surface area contributed by atoms with Crippen molar-refractivity contribution in [2.45, 2.75) is 211 Å². The third-order valence-electron chi connectivity index (χ3n) is 19.4. The molecule has 0 aromatic carbocycles. The quantitative estimate of drug-likeness (QED) is 0.0795. The number of carbonyl (C=O) groups is 2. The summed E-state index contributed by atoms with van der Waals surface area (Å²) in [4.78, 5) is 28.0. The standard InChI is InChI=1S/C50H80O21/c1-22(54)14-32(56)66-28-20-65-41(37(61)35(28)59)70-39-36(60)33(57)26(18-51)68-43(39)69-31-17-49(7)23(8-9-30-46(4)16-25(55)40(63)47(5,21-53)29(46)10-11-48(30,49)6)24-15-45(2,3)12-13-50(24,31)44(64)71-42-38(62)34(58)27(19-52)67-42/h8,22,24-31,33-43,51-55,57-63H,9-21H2,1-7H3/t22?,24-,25-,26+,27+,28+,29+,30+,31+,33+,34+,35+,36-,37-,38-,39+,40-,41-,42-,43-,46-,47-,48+,49+,50+/m0/s1. The van der Waals surface area contributed by atoms with Crippen LogP contribution in [0.4, 0.5) is 0 Å². The molecule has 25 atom stereocenters. The van der Waals surface area contributed by atoms with Gasteiger partial charge in [-0.15, -0.1) is 0 Å². The predicted octanol–water partition coefficient (Wildman–Crippen LogP) is -1.35. The van der Waals surface area contributed by atoms with Crippen molar-refractivity contribution in [2.75, 3.05) is 26.4 Å². The molecule has 7 fully saturated rings. The van der Waals surface area contributed by atoms with Gasteiger partial charge in [-0.1, -0.05) is 53.2 Å². The highest BCUT2D eigenvalue weighted by Gasteiger charge is 2.73. The topological polar surface area (TPSA) is 342 Å². The molecule has 406 valence electrons. The van der Waals surface area contributed by atoms with E-state index in [0.717, 1.165) is 5.57 Å². The van der Waals surface area contributed by atoms with Gasteiger partial charge in [0.05, 0.1) is 57.3 Å². The normalized spacial score (nSPS) is 51.9. The van der Waals surface area contributed by atoms with Gasteiger partial charge in [-0.25, -0.2) is 0 Å². The molecule has 0 aromatic rings. The molecule has 5 aliphatic carbocycles. The van der Waals surface area contributed by atoms with Crippen LogP contribution in [0.1, 0.15) is 106 Å². The minimum atomic E-state index is -1.92. The van der Waals surface area contributed by atoms with Gasteiger partial charge in [0.1, 0.15) is 60.4 Å². The lowest BCUT2D eigenvalue weighted by molar-refractivity contribution is -0.370. The van der Waals surface area contributed by atoms with Gasteiger partial charge in [0, 0.05) is 5.41 Å². The third-order valence-corrected chi connectivity index (χ3v) is 19.4. The monoisotopic (exact) mass is 1020 g/mol. The Morgan fingerprint density at radius 3 is 2.00 bits per heavy atom. The summed E-state index contributed by atoms with van der Waals surface area (Å²) in [5.74, 6) is -2.65. The number of aliphatic hydroxyl groups excluding tert-OH is 12. The second-order valence-corrected chi connectivity index (χ2v) is 24.1. The molecule has 12 N–H and O–H groups in total. The van der Waals surface area contributed by atoms with Crippen LogP contribution in [0.3, 0.4) is 0 Å². The molecular weight excluding hydrogens is 937 g/mol. The molecule has 3 aliphatic heterocycles.